The van der Waals surface area contributed by atoms with Crippen LogP contribution in [0.4, 0.5) is 4.79 Å². The van der Waals surface area contributed by atoms with Gasteiger partial charge in [-0.1, -0.05) is 24.3 Å². The number of hydrogen-bond donors (Lipinski definition) is 0. The minimum atomic E-state index is -0.428. The van der Waals surface area contributed by atoms with Gasteiger partial charge in [0.2, 0.25) is 0 Å². The number of allylic oxidation sites excluding steroid dienone is 1. The molecule has 0 bridgehead atoms. The van der Waals surface area contributed by atoms with Gasteiger partial charge in [-0.2, -0.15) is 0 Å². The molecule has 1 aliphatic rings. The third kappa shape index (κ3) is 5.62. The van der Waals surface area contributed by atoms with Gasteiger partial charge in [-0.25, -0.2) is 4.79 Å². The fraction of sp³-hybridized carbons (Fsp3) is 0.526. The molecular formula is C19H27NO3. The molecule has 0 aromatic heterocycles. The van der Waals surface area contributed by atoms with Crippen LogP contribution in [-0.2, 0) is 4.74 Å². The molecule has 0 saturated carbocycles. The Labute approximate surface area is 139 Å². The summed E-state index contributed by atoms with van der Waals surface area (Å²) in [6, 6.07) is 8.02. The molecule has 0 aliphatic carbocycles. The fourth-order valence-corrected chi connectivity index (χ4v) is 2.56. The maximum atomic E-state index is 12.0. The van der Waals surface area contributed by atoms with Crippen molar-refractivity contribution in [1.82, 2.24) is 4.90 Å². The van der Waals surface area contributed by atoms with Crippen LogP contribution in [0.25, 0.3) is 6.08 Å². The van der Waals surface area contributed by atoms with Crippen LogP contribution >= 0.6 is 0 Å². The highest BCUT2D eigenvalue weighted by atomic mass is 16.6. The first-order valence-corrected chi connectivity index (χ1v) is 8.17. The standard InChI is InChI=1S/C19H27NO3/c1-19(2,3)23-18(21)20-13-11-16(12-14-20)6-5-15-7-9-17(22-4)10-8-15/h5-10,16H,11-14H2,1-4H3/b6-5-. The molecule has 0 unspecified atom stereocenters. The lowest BCUT2D eigenvalue weighted by Crippen LogP contribution is -2.41. The molecule has 126 valence electrons. The number of benzene rings is 1. The summed E-state index contributed by atoms with van der Waals surface area (Å²) < 4.78 is 10.6. The van der Waals surface area contributed by atoms with E-state index < -0.39 is 5.60 Å². The zero-order valence-corrected chi connectivity index (χ0v) is 14.5. The van der Waals surface area contributed by atoms with E-state index >= 15 is 0 Å². The van der Waals surface area contributed by atoms with Crippen molar-refractivity contribution < 1.29 is 14.3 Å². The summed E-state index contributed by atoms with van der Waals surface area (Å²) in [5, 5.41) is 0. The summed E-state index contributed by atoms with van der Waals surface area (Å²) in [5.74, 6) is 1.38. The molecule has 1 aromatic carbocycles. The number of nitrogens with zero attached hydrogens (tertiary/aromatic N) is 1. The number of carbonyl (C=O) groups is 1. The zero-order valence-electron chi connectivity index (χ0n) is 14.5. The summed E-state index contributed by atoms with van der Waals surface area (Å²) in [7, 11) is 1.67. The van der Waals surface area contributed by atoms with Crippen LogP contribution < -0.4 is 4.74 Å². The van der Waals surface area contributed by atoms with Crippen molar-refractivity contribution in [3.8, 4) is 5.75 Å². The number of ether oxygens (including phenoxy) is 2. The van der Waals surface area contributed by atoms with E-state index in [2.05, 4.69) is 12.2 Å². The second kappa shape index (κ2) is 7.53. The highest BCUT2D eigenvalue weighted by molar-refractivity contribution is 5.68. The summed E-state index contributed by atoms with van der Waals surface area (Å²) in [6.45, 7) is 7.21. The smallest absolute Gasteiger partial charge is 0.410 e. The van der Waals surface area contributed by atoms with Crippen LogP contribution in [0.1, 0.15) is 39.2 Å². The molecule has 4 heteroatoms. The van der Waals surface area contributed by atoms with Gasteiger partial charge in [0.1, 0.15) is 11.4 Å². The Hall–Kier alpha value is -1.97. The second-order valence-corrected chi connectivity index (χ2v) is 6.94. The first-order valence-electron chi connectivity index (χ1n) is 8.17. The predicted molar refractivity (Wildman–Crippen MR) is 92.6 cm³/mol. The number of methoxy groups -OCH3 is 1. The monoisotopic (exact) mass is 317 g/mol. The van der Waals surface area contributed by atoms with Gasteiger partial charge in [-0.05, 0) is 57.2 Å². The van der Waals surface area contributed by atoms with Crippen LogP contribution in [-0.4, -0.2) is 36.8 Å². The minimum absolute atomic E-state index is 0.199. The fourth-order valence-electron chi connectivity index (χ4n) is 2.56. The number of piperidine rings is 1. The Morgan fingerprint density at radius 2 is 1.78 bits per heavy atom. The van der Waals surface area contributed by atoms with Crippen molar-refractivity contribution >= 4 is 12.2 Å². The number of hydrogen-bond acceptors (Lipinski definition) is 3. The number of carbonyl (C=O) groups excluding carboxylic acids is 1. The topological polar surface area (TPSA) is 38.8 Å². The van der Waals surface area contributed by atoms with Crippen LogP contribution in [0.5, 0.6) is 5.75 Å². The van der Waals surface area contributed by atoms with Gasteiger partial charge >= 0.3 is 6.09 Å². The van der Waals surface area contributed by atoms with E-state index in [1.54, 1.807) is 7.11 Å². The van der Waals surface area contributed by atoms with Crippen molar-refractivity contribution in [2.24, 2.45) is 5.92 Å². The molecule has 1 saturated heterocycles. The lowest BCUT2D eigenvalue weighted by atomic mass is 9.96. The number of amides is 1. The van der Waals surface area contributed by atoms with Crippen LogP contribution in [0.3, 0.4) is 0 Å². The van der Waals surface area contributed by atoms with Crippen molar-refractivity contribution in [2.45, 2.75) is 39.2 Å². The third-order valence-corrected chi connectivity index (χ3v) is 3.87. The third-order valence-electron chi connectivity index (χ3n) is 3.87. The van der Waals surface area contributed by atoms with Gasteiger partial charge in [0.15, 0.2) is 0 Å². The molecule has 1 aliphatic heterocycles. The molecule has 0 atom stereocenters. The van der Waals surface area contributed by atoms with Gasteiger partial charge in [-0.15, -0.1) is 0 Å². The van der Waals surface area contributed by atoms with Crippen molar-refractivity contribution in [1.29, 1.82) is 0 Å². The molecule has 0 radical (unpaired) electrons. The Morgan fingerprint density at radius 1 is 1.17 bits per heavy atom. The summed E-state index contributed by atoms with van der Waals surface area (Å²) in [6.07, 6.45) is 6.15. The van der Waals surface area contributed by atoms with Crippen molar-refractivity contribution in [3.63, 3.8) is 0 Å². The molecule has 23 heavy (non-hydrogen) atoms. The summed E-state index contributed by atoms with van der Waals surface area (Å²) >= 11 is 0. The van der Waals surface area contributed by atoms with Crippen LogP contribution in [0.2, 0.25) is 0 Å². The molecule has 4 nitrogen and oxygen atoms in total. The molecule has 1 amide bonds. The van der Waals surface area contributed by atoms with Gasteiger partial charge in [0.25, 0.3) is 0 Å². The lowest BCUT2D eigenvalue weighted by molar-refractivity contribution is 0.0197. The Kier molecular flexibility index (Phi) is 5.69. The maximum Gasteiger partial charge on any atom is 0.410 e. The SMILES string of the molecule is COc1ccc(/C=C\C2CCN(C(=O)OC(C)(C)C)CC2)cc1. The van der Waals surface area contributed by atoms with E-state index in [9.17, 15) is 4.79 Å². The van der Waals surface area contributed by atoms with Crippen LogP contribution in [0.15, 0.2) is 30.3 Å². The average molecular weight is 317 g/mol. The van der Waals surface area contributed by atoms with E-state index in [4.69, 9.17) is 9.47 Å². The highest BCUT2D eigenvalue weighted by Crippen LogP contribution is 2.22. The normalized spacial score (nSPS) is 16.6. The van der Waals surface area contributed by atoms with Gasteiger partial charge in [0.05, 0.1) is 7.11 Å². The Bertz CT molecular complexity index is 535. The summed E-state index contributed by atoms with van der Waals surface area (Å²) in [4.78, 5) is 13.8. The molecular weight excluding hydrogens is 290 g/mol. The minimum Gasteiger partial charge on any atom is -0.497 e. The Balaban J connectivity index is 1.82. The first-order chi connectivity index (χ1) is 10.9. The highest BCUT2D eigenvalue weighted by Gasteiger charge is 2.25. The van der Waals surface area contributed by atoms with Crippen molar-refractivity contribution in [2.75, 3.05) is 20.2 Å². The first kappa shape index (κ1) is 17.4. The average Bonchev–Trinajstić information content (AvgIpc) is 2.52. The molecule has 0 N–H and O–H groups in total. The molecule has 1 aromatic rings. The zero-order chi connectivity index (χ0) is 16.9. The van der Waals surface area contributed by atoms with Gasteiger partial charge < -0.3 is 14.4 Å². The largest absolute Gasteiger partial charge is 0.497 e. The van der Waals surface area contributed by atoms with E-state index in [0.717, 1.165) is 31.7 Å². The second-order valence-electron chi connectivity index (χ2n) is 6.94. The van der Waals surface area contributed by atoms with E-state index in [0.29, 0.717) is 5.92 Å². The Morgan fingerprint density at radius 3 is 2.30 bits per heavy atom. The van der Waals surface area contributed by atoms with Crippen LogP contribution in [0, 0.1) is 5.92 Å². The molecule has 1 fully saturated rings. The summed E-state index contributed by atoms with van der Waals surface area (Å²) in [5.41, 5.74) is 0.739. The van der Waals surface area contributed by atoms with E-state index in [1.165, 1.54) is 5.56 Å². The molecule has 1 heterocycles. The van der Waals surface area contributed by atoms with E-state index in [-0.39, 0.29) is 6.09 Å². The molecule has 2 rings (SSSR count). The van der Waals surface area contributed by atoms with Crippen molar-refractivity contribution in [3.05, 3.63) is 35.9 Å². The quantitative estimate of drug-likeness (QED) is 0.831. The number of rotatable bonds is 3. The number of likely N-dealkylation sites (tertiary alicyclic amines) is 1. The maximum absolute atomic E-state index is 12.0. The lowest BCUT2D eigenvalue weighted by Gasteiger charge is -2.32. The molecule has 0 spiro atoms. The predicted octanol–water partition coefficient (Wildman–Crippen LogP) is 4.36. The van der Waals surface area contributed by atoms with E-state index in [1.807, 2.05) is 49.9 Å². The van der Waals surface area contributed by atoms with Gasteiger partial charge in [0, 0.05) is 13.1 Å². The van der Waals surface area contributed by atoms with Gasteiger partial charge in [-0.3, -0.25) is 0 Å².